The van der Waals surface area contributed by atoms with E-state index in [-0.39, 0.29) is 0 Å². The normalized spacial score (nSPS) is 29.8. The standard InChI is InChI=1S/C12H22N4/c1-2-10(8-13-5-1)9-16(11-3-4-11)12-14-6-7-15-12/h10-11,13H,1-9H2,(H,14,15). The third kappa shape index (κ3) is 2.32. The Morgan fingerprint density at radius 1 is 1.25 bits per heavy atom. The second-order valence-electron chi connectivity index (χ2n) is 5.23. The SMILES string of the molecule is C1CNCC(CN(C2=NCCN2)C2CC2)C1. The highest BCUT2D eigenvalue weighted by Gasteiger charge is 2.33. The summed E-state index contributed by atoms with van der Waals surface area (Å²) in [7, 11) is 0. The van der Waals surface area contributed by atoms with Gasteiger partial charge in [-0.25, -0.2) is 0 Å². The summed E-state index contributed by atoms with van der Waals surface area (Å²) in [6.07, 6.45) is 5.44. The molecule has 0 amide bonds. The summed E-state index contributed by atoms with van der Waals surface area (Å²) in [5.41, 5.74) is 0. The van der Waals surface area contributed by atoms with Crippen molar-refractivity contribution in [2.24, 2.45) is 10.9 Å². The first kappa shape index (κ1) is 10.4. The maximum absolute atomic E-state index is 4.57. The maximum atomic E-state index is 4.57. The number of guanidine groups is 1. The van der Waals surface area contributed by atoms with Crippen molar-refractivity contribution in [2.75, 3.05) is 32.7 Å². The van der Waals surface area contributed by atoms with Crippen LogP contribution in [0.3, 0.4) is 0 Å². The van der Waals surface area contributed by atoms with Gasteiger partial charge in [0.25, 0.3) is 0 Å². The highest BCUT2D eigenvalue weighted by atomic mass is 15.3. The van der Waals surface area contributed by atoms with Gasteiger partial charge >= 0.3 is 0 Å². The van der Waals surface area contributed by atoms with Crippen LogP contribution in [0.15, 0.2) is 4.99 Å². The lowest BCUT2D eigenvalue weighted by Crippen LogP contribution is -2.45. The maximum Gasteiger partial charge on any atom is 0.194 e. The molecular weight excluding hydrogens is 200 g/mol. The molecule has 2 fully saturated rings. The molecule has 90 valence electrons. The predicted molar refractivity (Wildman–Crippen MR) is 65.6 cm³/mol. The van der Waals surface area contributed by atoms with Gasteiger partial charge in [0.2, 0.25) is 0 Å². The molecule has 2 aliphatic heterocycles. The molecule has 1 saturated heterocycles. The Morgan fingerprint density at radius 2 is 2.19 bits per heavy atom. The molecule has 4 heteroatoms. The fourth-order valence-electron chi connectivity index (χ4n) is 2.73. The average molecular weight is 222 g/mol. The van der Waals surface area contributed by atoms with Gasteiger partial charge < -0.3 is 15.5 Å². The number of aliphatic imine (C=N–C) groups is 1. The molecule has 0 radical (unpaired) electrons. The summed E-state index contributed by atoms with van der Waals surface area (Å²) in [6.45, 7) is 5.59. The molecule has 1 atom stereocenters. The molecule has 0 aromatic heterocycles. The number of hydrogen-bond acceptors (Lipinski definition) is 4. The molecule has 2 heterocycles. The van der Waals surface area contributed by atoms with Crippen LogP contribution < -0.4 is 10.6 Å². The van der Waals surface area contributed by atoms with E-state index >= 15 is 0 Å². The lowest BCUT2D eigenvalue weighted by atomic mass is 9.99. The number of piperidine rings is 1. The van der Waals surface area contributed by atoms with Crippen molar-refractivity contribution >= 4 is 5.96 Å². The zero-order chi connectivity index (χ0) is 10.8. The molecular formula is C12H22N4. The Hall–Kier alpha value is -0.770. The van der Waals surface area contributed by atoms with Crippen LogP contribution in [0.4, 0.5) is 0 Å². The Bertz CT molecular complexity index is 266. The van der Waals surface area contributed by atoms with Gasteiger partial charge in [-0.05, 0) is 44.7 Å². The van der Waals surface area contributed by atoms with Crippen molar-refractivity contribution in [3.63, 3.8) is 0 Å². The summed E-state index contributed by atoms with van der Waals surface area (Å²) in [5.74, 6) is 1.99. The molecule has 0 bridgehead atoms. The van der Waals surface area contributed by atoms with Gasteiger partial charge in [-0.2, -0.15) is 0 Å². The van der Waals surface area contributed by atoms with Gasteiger partial charge in [-0.1, -0.05) is 0 Å². The summed E-state index contributed by atoms with van der Waals surface area (Å²) in [5, 5.41) is 6.93. The van der Waals surface area contributed by atoms with Crippen molar-refractivity contribution in [1.82, 2.24) is 15.5 Å². The first-order valence-electron chi connectivity index (χ1n) is 6.69. The van der Waals surface area contributed by atoms with Crippen molar-refractivity contribution in [2.45, 2.75) is 31.7 Å². The minimum atomic E-state index is 0.784. The lowest BCUT2D eigenvalue weighted by molar-refractivity contribution is 0.277. The zero-order valence-corrected chi connectivity index (χ0v) is 9.91. The summed E-state index contributed by atoms with van der Waals surface area (Å²) in [6, 6.07) is 0.784. The van der Waals surface area contributed by atoms with E-state index in [1.165, 1.54) is 51.3 Å². The van der Waals surface area contributed by atoms with E-state index in [0.29, 0.717) is 0 Å². The van der Waals surface area contributed by atoms with Gasteiger partial charge in [0.15, 0.2) is 5.96 Å². The largest absolute Gasteiger partial charge is 0.354 e. The van der Waals surface area contributed by atoms with Crippen molar-refractivity contribution in [3.8, 4) is 0 Å². The molecule has 4 nitrogen and oxygen atoms in total. The van der Waals surface area contributed by atoms with Crippen molar-refractivity contribution in [3.05, 3.63) is 0 Å². The Balaban J connectivity index is 1.59. The number of rotatable bonds is 3. The third-order valence-electron chi connectivity index (χ3n) is 3.77. The van der Waals surface area contributed by atoms with Gasteiger partial charge in [0.1, 0.15) is 0 Å². The summed E-state index contributed by atoms with van der Waals surface area (Å²) in [4.78, 5) is 7.11. The second-order valence-corrected chi connectivity index (χ2v) is 5.23. The van der Waals surface area contributed by atoms with Crippen LogP contribution in [0.1, 0.15) is 25.7 Å². The molecule has 0 aromatic rings. The highest BCUT2D eigenvalue weighted by Crippen LogP contribution is 2.28. The second kappa shape index (κ2) is 4.62. The van der Waals surface area contributed by atoms with Crippen LogP contribution in [0, 0.1) is 5.92 Å². The Morgan fingerprint density at radius 3 is 2.81 bits per heavy atom. The van der Waals surface area contributed by atoms with Crippen LogP contribution in [0.2, 0.25) is 0 Å². The fraction of sp³-hybridized carbons (Fsp3) is 0.917. The van der Waals surface area contributed by atoms with Gasteiger partial charge in [-0.15, -0.1) is 0 Å². The third-order valence-corrected chi connectivity index (χ3v) is 3.77. The Labute approximate surface area is 97.5 Å². The zero-order valence-electron chi connectivity index (χ0n) is 9.91. The quantitative estimate of drug-likeness (QED) is 0.726. The molecule has 16 heavy (non-hydrogen) atoms. The minimum Gasteiger partial charge on any atom is -0.354 e. The summed E-state index contributed by atoms with van der Waals surface area (Å²) < 4.78 is 0. The van der Waals surface area contributed by atoms with Gasteiger partial charge in [-0.3, -0.25) is 4.99 Å². The molecule has 3 aliphatic rings. The summed E-state index contributed by atoms with van der Waals surface area (Å²) >= 11 is 0. The van der Waals surface area contributed by atoms with E-state index < -0.39 is 0 Å². The molecule has 1 saturated carbocycles. The van der Waals surface area contributed by atoms with E-state index in [2.05, 4.69) is 20.5 Å². The van der Waals surface area contributed by atoms with E-state index in [1.54, 1.807) is 0 Å². The van der Waals surface area contributed by atoms with Crippen LogP contribution in [0.25, 0.3) is 0 Å². The predicted octanol–water partition coefficient (Wildman–Crippen LogP) is 0.410. The fourth-order valence-corrected chi connectivity index (χ4v) is 2.73. The molecule has 3 rings (SSSR count). The topological polar surface area (TPSA) is 39.7 Å². The molecule has 0 spiro atoms. The smallest absolute Gasteiger partial charge is 0.194 e. The number of nitrogens with zero attached hydrogens (tertiary/aromatic N) is 2. The van der Waals surface area contributed by atoms with Gasteiger partial charge in [0, 0.05) is 19.1 Å². The Kier molecular flexibility index (Phi) is 3.00. The monoisotopic (exact) mass is 222 g/mol. The first-order chi connectivity index (χ1) is 7.93. The molecule has 1 aliphatic carbocycles. The van der Waals surface area contributed by atoms with Crippen LogP contribution in [0.5, 0.6) is 0 Å². The van der Waals surface area contributed by atoms with Crippen LogP contribution in [-0.2, 0) is 0 Å². The molecule has 2 N–H and O–H groups in total. The minimum absolute atomic E-state index is 0.784. The van der Waals surface area contributed by atoms with E-state index in [0.717, 1.165) is 25.0 Å². The van der Waals surface area contributed by atoms with E-state index in [9.17, 15) is 0 Å². The molecule has 0 aromatic carbocycles. The number of hydrogen-bond donors (Lipinski definition) is 2. The molecule has 1 unspecified atom stereocenters. The van der Waals surface area contributed by atoms with Crippen LogP contribution >= 0.6 is 0 Å². The highest BCUT2D eigenvalue weighted by molar-refractivity contribution is 5.82. The number of nitrogens with one attached hydrogen (secondary N) is 2. The van der Waals surface area contributed by atoms with E-state index in [4.69, 9.17) is 0 Å². The van der Waals surface area contributed by atoms with Crippen molar-refractivity contribution < 1.29 is 0 Å². The van der Waals surface area contributed by atoms with Crippen molar-refractivity contribution in [1.29, 1.82) is 0 Å². The first-order valence-corrected chi connectivity index (χ1v) is 6.69. The van der Waals surface area contributed by atoms with Crippen LogP contribution in [-0.4, -0.2) is 49.6 Å². The lowest BCUT2D eigenvalue weighted by Gasteiger charge is -2.31. The average Bonchev–Trinajstić information content (AvgIpc) is 3.02. The van der Waals surface area contributed by atoms with Gasteiger partial charge in [0.05, 0.1) is 6.54 Å². The van der Waals surface area contributed by atoms with E-state index in [1.807, 2.05) is 0 Å².